The Balaban J connectivity index is 2.14. The molecule has 1 fully saturated rings. The Kier molecular flexibility index (Phi) is 4.21. The normalized spacial score (nSPS) is 18.6. The molecule has 1 aliphatic carbocycles. The predicted molar refractivity (Wildman–Crippen MR) is 79.6 cm³/mol. The van der Waals surface area contributed by atoms with Crippen molar-refractivity contribution >= 4 is 11.7 Å². The molecular weight excluding hydrogens is 254 g/mol. The van der Waals surface area contributed by atoms with Crippen molar-refractivity contribution in [3.63, 3.8) is 0 Å². The van der Waals surface area contributed by atoms with Crippen LogP contribution in [0.15, 0.2) is 18.2 Å². The Labute approximate surface area is 120 Å². The van der Waals surface area contributed by atoms with E-state index < -0.39 is 5.97 Å². The molecule has 2 rings (SSSR count). The topological polar surface area (TPSA) is 58.6 Å². The van der Waals surface area contributed by atoms with Gasteiger partial charge in [0.2, 0.25) is 0 Å². The number of carbonyl (C=O) groups is 1. The van der Waals surface area contributed by atoms with Gasteiger partial charge < -0.3 is 15.2 Å². The minimum Gasteiger partial charge on any atom is -0.497 e. The van der Waals surface area contributed by atoms with E-state index in [4.69, 9.17) is 4.74 Å². The smallest absolute Gasteiger partial charge is 0.337 e. The maximum Gasteiger partial charge on any atom is 0.337 e. The molecule has 1 aromatic carbocycles. The minimum atomic E-state index is -0.911. The van der Waals surface area contributed by atoms with Crippen LogP contribution in [-0.4, -0.2) is 24.2 Å². The lowest BCUT2D eigenvalue weighted by molar-refractivity contribution is 0.0697. The lowest BCUT2D eigenvalue weighted by Gasteiger charge is -2.35. The van der Waals surface area contributed by atoms with Crippen LogP contribution in [0.5, 0.6) is 5.75 Å². The highest BCUT2D eigenvalue weighted by Crippen LogP contribution is 2.36. The third kappa shape index (κ3) is 3.44. The molecule has 0 aromatic heterocycles. The quantitative estimate of drug-likeness (QED) is 0.879. The van der Waals surface area contributed by atoms with Crippen LogP contribution in [0.4, 0.5) is 5.69 Å². The van der Waals surface area contributed by atoms with Crippen molar-refractivity contribution in [1.82, 2.24) is 0 Å². The molecule has 1 aromatic rings. The molecule has 4 nitrogen and oxygen atoms in total. The molecule has 4 heteroatoms. The predicted octanol–water partition coefficient (Wildman–Crippen LogP) is 3.77. The lowest BCUT2D eigenvalue weighted by atomic mass is 9.75. The molecule has 0 spiro atoms. The van der Waals surface area contributed by atoms with Crippen LogP contribution < -0.4 is 10.1 Å². The van der Waals surface area contributed by atoms with Crippen molar-refractivity contribution in [1.29, 1.82) is 0 Å². The Bertz CT molecular complexity index is 486. The number of aromatic carboxylic acids is 1. The molecule has 2 N–H and O–H groups in total. The summed E-state index contributed by atoms with van der Waals surface area (Å²) in [6.45, 7) is 4.58. The fourth-order valence-electron chi connectivity index (χ4n) is 2.72. The fourth-order valence-corrected chi connectivity index (χ4v) is 2.72. The van der Waals surface area contributed by atoms with E-state index in [2.05, 4.69) is 19.2 Å². The van der Waals surface area contributed by atoms with Crippen LogP contribution in [0.25, 0.3) is 0 Å². The molecule has 0 saturated heterocycles. The highest BCUT2D eigenvalue weighted by atomic mass is 16.5. The maximum absolute atomic E-state index is 11.3. The van der Waals surface area contributed by atoms with E-state index in [0.717, 1.165) is 25.7 Å². The minimum absolute atomic E-state index is 0.302. The van der Waals surface area contributed by atoms with Crippen molar-refractivity contribution in [2.24, 2.45) is 5.41 Å². The van der Waals surface area contributed by atoms with Crippen molar-refractivity contribution in [2.75, 3.05) is 12.4 Å². The zero-order valence-electron chi connectivity index (χ0n) is 12.4. The molecule has 0 radical (unpaired) electrons. The average molecular weight is 277 g/mol. The summed E-state index contributed by atoms with van der Waals surface area (Å²) in [7, 11) is 1.59. The third-order valence-electron chi connectivity index (χ3n) is 4.16. The number of nitrogens with one attached hydrogen (secondary N) is 1. The number of anilines is 1. The van der Waals surface area contributed by atoms with E-state index in [-0.39, 0.29) is 0 Å². The van der Waals surface area contributed by atoms with Gasteiger partial charge in [0, 0.05) is 12.1 Å². The summed E-state index contributed by atoms with van der Waals surface area (Å²) in [5, 5.41) is 12.6. The highest BCUT2D eigenvalue weighted by molar-refractivity contribution is 5.94. The van der Waals surface area contributed by atoms with Gasteiger partial charge in [-0.05, 0) is 43.2 Å². The molecule has 1 aliphatic rings. The summed E-state index contributed by atoms with van der Waals surface area (Å²) < 4.78 is 5.18. The Morgan fingerprint density at radius 1 is 1.35 bits per heavy atom. The van der Waals surface area contributed by atoms with Gasteiger partial charge in [-0.15, -0.1) is 0 Å². The van der Waals surface area contributed by atoms with Crippen LogP contribution in [0.1, 0.15) is 49.9 Å². The third-order valence-corrected chi connectivity index (χ3v) is 4.16. The molecular formula is C16H23NO3. The molecule has 1 saturated carbocycles. The molecule has 0 atom stereocenters. The first-order valence-electron chi connectivity index (χ1n) is 7.09. The summed E-state index contributed by atoms with van der Waals surface area (Å²) in [6.07, 6.45) is 4.47. The number of hydrogen-bond donors (Lipinski definition) is 2. The Morgan fingerprint density at radius 2 is 2.00 bits per heavy atom. The van der Waals surface area contributed by atoms with Gasteiger partial charge in [-0.1, -0.05) is 13.8 Å². The molecule has 110 valence electrons. The van der Waals surface area contributed by atoms with E-state index in [1.807, 2.05) is 0 Å². The maximum atomic E-state index is 11.3. The van der Waals surface area contributed by atoms with Gasteiger partial charge in [0.1, 0.15) is 5.75 Å². The fraction of sp³-hybridized carbons (Fsp3) is 0.562. The van der Waals surface area contributed by atoms with Gasteiger partial charge in [-0.2, -0.15) is 0 Å². The van der Waals surface area contributed by atoms with E-state index in [1.165, 1.54) is 0 Å². The van der Waals surface area contributed by atoms with E-state index >= 15 is 0 Å². The highest BCUT2D eigenvalue weighted by Gasteiger charge is 2.27. The number of carboxylic acids is 1. The lowest BCUT2D eigenvalue weighted by Crippen LogP contribution is -2.30. The SMILES string of the molecule is COc1ccc(C(=O)O)c(NC2CCC(C)(C)CC2)c1. The summed E-state index contributed by atoms with van der Waals surface area (Å²) in [5.74, 6) is -0.236. The zero-order chi connectivity index (χ0) is 14.8. The van der Waals surface area contributed by atoms with Gasteiger partial charge >= 0.3 is 5.97 Å². The first-order chi connectivity index (χ1) is 9.41. The van der Waals surface area contributed by atoms with Crippen LogP contribution >= 0.6 is 0 Å². The second kappa shape index (κ2) is 5.73. The Morgan fingerprint density at radius 3 is 2.55 bits per heavy atom. The zero-order valence-corrected chi connectivity index (χ0v) is 12.4. The first kappa shape index (κ1) is 14.7. The molecule has 0 aliphatic heterocycles. The van der Waals surface area contributed by atoms with E-state index in [0.29, 0.717) is 28.5 Å². The molecule has 20 heavy (non-hydrogen) atoms. The number of benzene rings is 1. The van der Waals surface area contributed by atoms with Gasteiger partial charge in [0.15, 0.2) is 0 Å². The van der Waals surface area contributed by atoms with Gasteiger partial charge in [0.05, 0.1) is 18.4 Å². The van der Waals surface area contributed by atoms with Crippen molar-refractivity contribution in [3.8, 4) is 5.75 Å². The molecule has 0 bridgehead atoms. The summed E-state index contributed by atoms with van der Waals surface area (Å²) in [5.41, 5.74) is 1.36. The van der Waals surface area contributed by atoms with Crippen molar-refractivity contribution in [3.05, 3.63) is 23.8 Å². The summed E-state index contributed by atoms with van der Waals surface area (Å²) in [6, 6.07) is 5.38. The average Bonchev–Trinajstić information content (AvgIpc) is 2.40. The van der Waals surface area contributed by atoms with Crippen LogP contribution in [0.3, 0.4) is 0 Å². The molecule has 0 amide bonds. The van der Waals surface area contributed by atoms with E-state index in [1.54, 1.807) is 25.3 Å². The monoisotopic (exact) mass is 277 g/mol. The summed E-state index contributed by atoms with van der Waals surface area (Å²) in [4.78, 5) is 11.3. The van der Waals surface area contributed by atoms with Crippen LogP contribution in [0.2, 0.25) is 0 Å². The number of rotatable bonds is 4. The van der Waals surface area contributed by atoms with Gasteiger partial charge in [-0.3, -0.25) is 0 Å². The van der Waals surface area contributed by atoms with Gasteiger partial charge in [-0.25, -0.2) is 4.79 Å². The van der Waals surface area contributed by atoms with E-state index in [9.17, 15) is 9.90 Å². The number of carboxylic acid groups (broad SMARTS) is 1. The summed E-state index contributed by atoms with van der Waals surface area (Å²) >= 11 is 0. The molecule has 0 unspecified atom stereocenters. The number of methoxy groups -OCH3 is 1. The standard InChI is InChI=1S/C16H23NO3/c1-16(2)8-6-11(7-9-16)17-14-10-12(20-3)4-5-13(14)15(18)19/h4-5,10-11,17H,6-9H2,1-3H3,(H,18,19). The van der Waals surface area contributed by atoms with Crippen LogP contribution in [0, 0.1) is 5.41 Å². The Hall–Kier alpha value is -1.71. The first-order valence-corrected chi connectivity index (χ1v) is 7.09. The van der Waals surface area contributed by atoms with Crippen molar-refractivity contribution < 1.29 is 14.6 Å². The second-order valence-electron chi connectivity index (χ2n) is 6.30. The van der Waals surface area contributed by atoms with Gasteiger partial charge in [0.25, 0.3) is 0 Å². The second-order valence-corrected chi connectivity index (χ2v) is 6.30. The molecule has 0 heterocycles. The number of ether oxygens (including phenoxy) is 1. The number of hydrogen-bond acceptors (Lipinski definition) is 3. The van der Waals surface area contributed by atoms with Crippen LogP contribution in [-0.2, 0) is 0 Å². The van der Waals surface area contributed by atoms with Crippen molar-refractivity contribution in [2.45, 2.75) is 45.6 Å². The largest absolute Gasteiger partial charge is 0.497 e.